The first-order chi connectivity index (χ1) is 17.8. The summed E-state index contributed by atoms with van der Waals surface area (Å²) in [6, 6.07) is 21.6. The molecular weight excluding hydrogens is 472 g/mol. The van der Waals surface area contributed by atoms with E-state index in [-0.39, 0.29) is 12.5 Å². The van der Waals surface area contributed by atoms with Crippen molar-refractivity contribution in [2.45, 2.75) is 25.6 Å². The van der Waals surface area contributed by atoms with Crippen LogP contribution in [0.5, 0.6) is 5.75 Å². The van der Waals surface area contributed by atoms with Gasteiger partial charge in [-0.05, 0) is 41.8 Å². The van der Waals surface area contributed by atoms with Crippen molar-refractivity contribution < 1.29 is 24.6 Å². The Morgan fingerprint density at radius 1 is 0.973 bits per heavy atom. The number of carbonyl (C=O) groups is 2. The van der Waals surface area contributed by atoms with E-state index in [2.05, 4.69) is 22.5 Å². The number of hydrogen-bond donors (Lipinski definition) is 6. The average molecular weight is 505 g/mol. The van der Waals surface area contributed by atoms with Crippen LogP contribution in [0.1, 0.15) is 18.1 Å². The molecule has 0 aliphatic carbocycles. The minimum atomic E-state index is -1.05. The summed E-state index contributed by atoms with van der Waals surface area (Å²) >= 11 is 0. The van der Waals surface area contributed by atoms with E-state index >= 15 is 0 Å². The lowest BCUT2D eigenvalue weighted by atomic mass is 10.0. The number of anilines is 1. The van der Waals surface area contributed by atoms with Gasteiger partial charge in [-0.25, -0.2) is 5.48 Å². The molecule has 0 spiro atoms. The Morgan fingerprint density at radius 2 is 1.59 bits per heavy atom. The molecule has 0 bridgehead atoms. The maximum Gasteiger partial charge on any atom is 0.268 e. The number of nitrogens with one attached hydrogen (secondary N) is 4. The molecule has 37 heavy (non-hydrogen) atoms. The van der Waals surface area contributed by atoms with Crippen LogP contribution >= 0.6 is 0 Å². The van der Waals surface area contributed by atoms with Gasteiger partial charge in [-0.1, -0.05) is 61.2 Å². The third-order valence-electron chi connectivity index (χ3n) is 5.73. The molecule has 0 saturated carbocycles. The summed E-state index contributed by atoms with van der Waals surface area (Å²) in [5.74, 6) is -0.131. The summed E-state index contributed by atoms with van der Waals surface area (Å²) in [6.45, 7) is 6.03. The van der Waals surface area contributed by atoms with Gasteiger partial charge in [0.1, 0.15) is 11.8 Å². The van der Waals surface area contributed by atoms with Crippen molar-refractivity contribution in [3.8, 4) is 16.9 Å². The maximum atomic E-state index is 12.3. The lowest BCUT2D eigenvalue weighted by Gasteiger charge is -2.22. The first-order valence-electron chi connectivity index (χ1n) is 11.7. The molecule has 0 saturated heterocycles. The first kappa shape index (κ1) is 27.4. The summed E-state index contributed by atoms with van der Waals surface area (Å²) in [5.41, 5.74) is 6.27. The largest absolute Gasteiger partial charge is 0.496 e. The van der Waals surface area contributed by atoms with Crippen molar-refractivity contribution in [3.63, 3.8) is 0 Å². The number of rotatable bonds is 12. The van der Waals surface area contributed by atoms with Crippen LogP contribution in [0, 0.1) is 0 Å². The van der Waals surface area contributed by atoms with E-state index in [1.165, 1.54) is 12.4 Å². The van der Waals surface area contributed by atoms with Crippen molar-refractivity contribution in [2.75, 3.05) is 19.0 Å². The van der Waals surface area contributed by atoms with Gasteiger partial charge in [-0.3, -0.25) is 14.8 Å². The van der Waals surface area contributed by atoms with Crippen LogP contribution in [0.4, 0.5) is 5.69 Å². The molecular formula is C28H32N4O5. The first-order valence-corrected chi connectivity index (χ1v) is 11.7. The number of amides is 2. The molecule has 0 radical (unpaired) electrons. The van der Waals surface area contributed by atoms with Gasteiger partial charge in [-0.2, -0.15) is 0 Å². The highest BCUT2D eigenvalue weighted by atomic mass is 16.5. The van der Waals surface area contributed by atoms with Crippen LogP contribution in [0.15, 0.2) is 79.4 Å². The van der Waals surface area contributed by atoms with E-state index in [4.69, 9.17) is 9.94 Å². The normalized spacial score (nSPS) is 12.2. The van der Waals surface area contributed by atoms with Gasteiger partial charge in [0, 0.05) is 23.5 Å². The van der Waals surface area contributed by atoms with Crippen molar-refractivity contribution in [3.05, 3.63) is 90.5 Å². The predicted molar refractivity (Wildman–Crippen MR) is 143 cm³/mol. The van der Waals surface area contributed by atoms with Crippen LogP contribution in [-0.2, 0) is 16.1 Å². The third-order valence-corrected chi connectivity index (χ3v) is 5.73. The van der Waals surface area contributed by atoms with E-state index in [0.717, 1.165) is 28.0 Å². The number of para-hydroxylation sites is 1. The second-order valence-corrected chi connectivity index (χ2v) is 8.44. The van der Waals surface area contributed by atoms with Crippen LogP contribution in [0.2, 0.25) is 0 Å². The molecule has 0 fully saturated rings. The second kappa shape index (κ2) is 13.2. The molecule has 194 valence electrons. The predicted octanol–water partition coefficient (Wildman–Crippen LogP) is 2.91. The van der Waals surface area contributed by atoms with Crippen molar-refractivity contribution >= 4 is 23.2 Å². The van der Waals surface area contributed by atoms with Gasteiger partial charge >= 0.3 is 0 Å². The highest BCUT2D eigenvalue weighted by Crippen LogP contribution is 2.23. The minimum Gasteiger partial charge on any atom is -0.496 e. The number of ether oxygens (including phenoxy) is 1. The molecule has 0 heterocycles. The minimum absolute atomic E-state index is 0.150. The third kappa shape index (κ3) is 7.65. The molecule has 2 amide bonds. The fourth-order valence-corrected chi connectivity index (χ4v) is 3.72. The molecule has 9 nitrogen and oxygen atoms in total. The molecule has 3 aromatic rings. The Kier molecular flexibility index (Phi) is 9.79. The Morgan fingerprint density at radius 3 is 2.19 bits per heavy atom. The Balaban J connectivity index is 1.53. The zero-order valence-electron chi connectivity index (χ0n) is 20.8. The molecule has 3 aromatic carbocycles. The fraction of sp³-hybridized carbons (Fsp3) is 0.214. The number of benzene rings is 3. The number of carbonyl (C=O) groups excluding carboxylic acids is 2. The molecule has 0 aliphatic rings. The summed E-state index contributed by atoms with van der Waals surface area (Å²) in [7, 11) is 1.62. The molecule has 0 unspecified atom stereocenters. The van der Waals surface area contributed by atoms with E-state index in [0.29, 0.717) is 17.9 Å². The molecule has 3 rings (SSSR count). The van der Waals surface area contributed by atoms with Crippen LogP contribution in [0.25, 0.3) is 16.8 Å². The average Bonchev–Trinajstić information content (AvgIpc) is 2.91. The number of methoxy groups -OCH3 is 1. The van der Waals surface area contributed by atoms with Gasteiger partial charge < -0.3 is 25.8 Å². The number of aliphatic hydroxyl groups is 1. The summed E-state index contributed by atoms with van der Waals surface area (Å²) < 4.78 is 5.32. The fourth-order valence-electron chi connectivity index (χ4n) is 3.72. The van der Waals surface area contributed by atoms with Crippen LogP contribution in [0.3, 0.4) is 0 Å². The SMILES string of the molecule is C=C(N[C@H](C(=O)NO)[C@@H](C)O)c1ccc(-c2ccc(NC(=O)CNCc3ccccc3OC)cc2)cc1. The lowest BCUT2D eigenvalue weighted by Crippen LogP contribution is -2.48. The van der Waals surface area contributed by atoms with Crippen molar-refractivity contribution in [2.24, 2.45) is 0 Å². The molecule has 9 heteroatoms. The summed E-state index contributed by atoms with van der Waals surface area (Å²) in [5, 5.41) is 27.5. The molecule has 0 aromatic heterocycles. The Bertz CT molecular complexity index is 1210. The Labute approximate surface area is 216 Å². The van der Waals surface area contributed by atoms with E-state index in [1.54, 1.807) is 7.11 Å². The van der Waals surface area contributed by atoms with E-state index in [9.17, 15) is 14.7 Å². The van der Waals surface area contributed by atoms with Gasteiger partial charge in [0.2, 0.25) is 5.91 Å². The highest BCUT2D eigenvalue weighted by molar-refractivity contribution is 5.92. The quantitative estimate of drug-likeness (QED) is 0.165. The van der Waals surface area contributed by atoms with Crippen molar-refractivity contribution in [1.29, 1.82) is 0 Å². The lowest BCUT2D eigenvalue weighted by molar-refractivity contribution is -0.133. The number of hydroxylamine groups is 1. The highest BCUT2D eigenvalue weighted by Gasteiger charge is 2.23. The van der Waals surface area contributed by atoms with Gasteiger partial charge in [0.25, 0.3) is 5.91 Å². The van der Waals surface area contributed by atoms with E-state index < -0.39 is 18.1 Å². The summed E-state index contributed by atoms with van der Waals surface area (Å²) in [6.07, 6.45) is -1.04. The van der Waals surface area contributed by atoms with Crippen LogP contribution < -0.4 is 26.2 Å². The number of aliphatic hydroxyl groups excluding tert-OH is 1. The van der Waals surface area contributed by atoms with Gasteiger partial charge in [-0.15, -0.1) is 0 Å². The molecule has 0 aliphatic heterocycles. The van der Waals surface area contributed by atoms with Gasteiger partial charge in [0.15, 0.2) is 0 Å². The zero-order valence-corrected chi connectivity index (χ0v) is 20.8. The van der Waals surface area contributed by atoms with Crippen molar-refractivity contribution in [1.82, 2.24) is 16.1 Å². The van der Waals surface area contributed by atoms with Crippen LogP contribution in [-0.4, -0.2) is 47.9 Å². The molecule has 6 N–H and O–H groups in total. The number of hydrogen-bond acceptors (Lipinski definition) is 7. The maximum absolute atomic E-state index is 12.3. The second-order valence-electron chi connectivity index (χ2n) is 8.44. The standard InChI is InChI=1S/C28H32N4O5/c1-18(30-27(19(2)33)28(35)32-36)20-8-10-21(11-9-20)22-12-14-24(15-13-22)31-26(34)17-29-16-23-6-4-5-7-25(23)37-3/h4-15,19,27,29-30,33,36H,1,16-17H2,2-3H3,(H,31,34)(H,32,35)/t19-,27+/m1/s1. The molecule has 2 atom stereocenters. The zero-order chi connectivity index (χ0) is 26.8. The topological polar surface area (TPSA) is 132 Å². The van der Waals surface area contributed by atoms with Gasteiger partial charge in [0.05, 0.1) is 19.8 Å². The van der Waals surface area contributed by atoms with E-state index in [1.807, 2.05) is 72.8 Å². The Hall–Kier alpha value is -4.18. The monoisotopic (exact) mass is 504 g/mol. The smallest absolute Gasteiger partial charge is 0.268 e. The summed E-state index contributed by atoms with van der Waals surface area (Å²) in [4.78, 5) is 24.0.